The number of allylic oxidation sites excluding steroid dienone is 2. The molecule has 0 aromatic heterocycles. The van der Waals surface area contributed by atoms with Gasteiger partial charge < -0.3 is 25.8 Å². The number of Topliss-reactive ketones (excluding diaryl/α,β-unsaturated/α-hetero) is 1. The number of epoxide rings is 1. The summed E-state index contributed by atoms with van der Waals surface area (Å²) < 4.78 is 10.8. The highest BCUT2D eigenvalue weighted by Crippen LogP contribution is 2.40. The van der Waals surface area contributed by atoms with Crippen molar-refractivity contribution >= 4 is 23.5 Å². The summed E-state index contributed by atoms with van der Waals surface area (Å²) in [7, 11) is 0. The van der Waals surface area contributed by atoms with Gasteiger partial charge in [0.25, 0.3) is 0 Å². The minimum atomic E-state index is -1.68. The van der Waals surface area contributed by atoms with Crippen molar-refractivity contribution in [3.8, 4) is 0 Å². The summed E-state index contributed by atoms with van der Waals surface area (Å²) in [4.78, 5) is 55.6. The monoisotopic (exact) mass is 554 g/mol. The third kappa shape index (κ3) is 7.35. The van der Waals surface area contributed by atoms with Crippen molar-refractivity contribution < 1.29 is 28.7 Å². The molecule has 3 aliphatic rings. The van der Waals surface area contributed by atoms with E-state index in [4.69, 9.17) is 15.2 Å². The van der Waals surface area contributed by atoms with Gasteiger partial charge in [-0.15, -0.1) is 0 Å². The van der Waals surface area contributed by atoms with E-state index in [1.165, 1.54) is 0 Å². The van der Waals surface area contributed by atoms with Crippen LogP contribution < -0.4 is 16.4 Å². The smallest absolute Gasteiger partial charge is 0.243 e. The lowest BCUT2D eigenvalue weighted by atomic mass is 9.70. The molecule has 1 aromatic carbocycles. The number of nitrogens with zero attached hydrogens (tertiary/aromatic N) is 1. The molecule has 10 heteroatoms. The van der Waals surface area contributed by atoms with E-state index in [9.17, 15) is 19.2 Å². The van der Waals surface area contributed by atoms with Crippen LogP contribution in [0.15, 0.2) is 42.0 Å². The summed E-state index contributed by atoms with van der Waals surface area (Å²) in [6, 6.07) is 8.62. The van der Waals surface area contributed by atoms with Crippen molar-refractivity contribution in [1.82, 2.24) is 15.5 Å². The van der Waals surface area contributed by atoms with Gasteiger partial charge in [-0.25, -0.2) is 0 Å². The van der Waals surface area contributed by atoms with Crippen molar-refractivity contribution in [3.05, 3.63) is 47.5 Å². The van der Waals surface area contributed by atoms with Crippen LogP contribution in [-0.4, -0.2) is 85.0 Å². The first-order valence-electron chi connectivity index (χ1n) is 14.2. The van der Waals surface area contributed by atoms with Gasteiger partial charge in [0.2, 0.25) is 17.7 Å². The zero-order valence-corrected chi connectivity index (χ0v) is 23.6. The summed E-state index contributed by atoms with van der Waals surface area (Å²) in [6.07, 6.45) is 5.70. The molecule has 10 nitrogen and oxygen atoms in total. The van der Waals surface area contributed by atoms with Crippen LogP contribution in [0.2, 0.25) is 0 Å². The molecule has 1 unspecified atom stereocenters. The van der Waals surface area contributed by atoms with E-state index >= 15 is 0 Å². The summed E-state index contributed by atoms with van der Waals surface area (Å²) in [5, 5.41) is 5.64. The Bertz CT molecular complexity index is 1110. The SMILES string of the molecule is C[C@H](NC(=O)CN1CCOCC1)C(=O)NC(CCc1ccccc1)(C(N)=O)[C@H](CC1=CCCC1)C(=O)[C@@]1(C)CO1. The Morgan fingerprint density at radius 1 is 1.15 bits per heavy atom. The number of amides is 3. The van der Waals surface area contributed by atoms with E-state index in [2.05, 4.69) is 16.7 Å². The molecule has 0 radical (unpaired) electrons. The highest BCUT2D eigenvalue weighted by Gasteiger charge is 2.57. The summed E-state index contributed by atoms with van der Waals surface area (Å²) in [6.45, 7) is 6.07. The van der Waals surface area contributed by atoms with E-state index < -0.39 is 34.9 Å². The minimum absolute atomic E-state index is 0.131. The molecule has 0 spiro atoms. The Labute approximate surface area is 236 Å². The number of primary amides is 1. The fraction of sp³-hybridized carbons (Fsp3) is 0.600. The number of nitrogens with one attached hydrogen (secondary N) is 2. The molecule has 40 heavy (non-hydrogen) atoms. The van der Waals surface area contributed by atoms with Crippen molar-refractivity contribution in [3.63, 3.8) is 0 Å². The average molecular weight is 555 g/mol. The van der Waals surface area contributed by atoms with Crippen molar-refractivity contribution in [2.45, 2.75) is 69.6 Å². The molecule has 218 valence electrons. The molecule has 4 rings (SSSR count). The quantitative estimate of drug-likeness (QED) is 0.232. The zero-order chi connectivity index (χ0) is 28.8. The van der Waals surface area contributed by atoms with Gasteiger partial charge in [0.15, 0.2) is 5.78 Å². The van der Waals surface area contributed by atoms with E-state index in [1.54, 1.807) is 13.8 Å². The number of morpholine rings is 1. The predicted octanol–water partition coefficient (Wildman–Crippen LogP) is 1.27. The van der Waals surface area contributed by atoms with Gasteiger partial charge in [0.1, 0.15) is 17.2 Å². The van der Waals surface area contributed by atoms with E-state index in [-0.39, 0.29) is 31.3 Å². The fourth-order valence-corrected chi connectivity index (χ4v) is 5.60. The number of nitrogens with two attached hydrogens (primary N) is 1. The Hall–Kier alpha value is -3.08. The van der Waals surface area contributed by atoms with Crippen LogP contribution in [0, 0.1) is 5.92 Å². The highest BCUT2D eigenvalue weighted by atomic mass is 16.6. The maximum absolute atomic E-state index is 13.9. The highest BCUT2D eigenvalue weighted by molar-refractivity contribution is 6.01. The lowest BCUT2D eigenvalue weighted by molar-refractivity contribution is -0.142. The Morgan fingerprint density at radius 2 is 1.85 bits per heavy atom. The number of aryl methyl sites for hydroxylation is 1. The molecule has 4 N–H and O–H groups in total. The molecule has 2 saturated heterocycles. The van der Waals surface area contributed by atoms with Crippen LogP contribution in [0.25, 0.3) is 0 Å². The van der Waals surface area contributed by atoms with Crippen LogP contribution in [0.4, 0.5) is 0 Å². The van der Waals surface area contributed by atoms with Gasteiger partial charge in [-0.05, 0) is 57.9 Å². The lowest BCUT2D eigenvalue weighted by Crippen LogP contribution is -2.67. The van der Waals surface area contributed by atoms with Gasteiger partial charge in [0.05, 0.1) is 32.3 Å². The number of carbonyl (C=O) groups is 4. The number of hydrogen-bond acceptors (Lipinski definition) is 7. The molecular formula is C30H42N4O6. The summed E-state index contributed by atoms with van der Waals surface area (Å²) >= 11 is 0. The molecular weight excluding hydrogens is 512 g/mol. The van der Waals surface area contributed by atoms with Crippen molar-refractivity contribution in [2.75, 3.05) is 39.5 Å². The first kappa shape index (κ1) is 29.9. The molecule has 0 saturated carbocycles. The average Bonchev–Trinajstić information content (AvgIpc) is 3.48. The molecule has 3 amide bonds. The summed E-state index contributed by atoms with van der Waals surface area (Å²) in [5.74, 6) is -2.80. The number of rotatable bonds is 14. The normalized spacial score (nSPS) is 23.8. The standard InChI is InChI=1S/C30H42N4O6/c1-21(32-25(35)19-34-14-16-39-17-15-34)27(37)33-30(28(31)38,13-12-22-8-4-3-5-9-22)24(18-23-10-6-7-11-23)26(36)29(2)20-40-29/h3-5,8-10,21,24H,6-7,11-20H2,1-2H3,(H2,31,38)(H,32,35)(H,33,37)/t21-,24+,29+,30?/m0/s1. The first-order valence-corrected chi connectivity index (χ1v) is 14.2. The number of hydrogen-bond donors (Lipinski definition) is 3. The second kappa shape index (κ2) is 13.1. The Kier molecular flexibility index (Phi) is 9.76. The van der Waals surface area contributed by atoms with Gasteiger partial charge in [-0.3, -0.25) is 24.1 Å². The number of carbonyl (C=O) groups excluding carboxylic acids is 4. The Morgan fingerprint density at radius 3 is 2.45 bits per heavy atom. The topological polar surface area (TPSA) is 143 Å². The molecule has 4 atom stereocenters. The molecule has 2 fully saturated rings. The van der Waals surface area contributed by atoms with Crippen molar-refractivity contribution in [1.29, 1.82) is 0 Å². The van der Waals surface area contributed by atoms with Gasteiger partial charge in [-0.2, -0.15) is 0 Å². The molecule has 2 heterocycles. The first-order chi connectivity index (χ1) is 19.1. The van der Waals surface area contributed by atoms with Crippen LogP contribution in [0.3, 0.4) is 0 Å². The van der Waals surface area contributed by atoms with Gasteiger partial charge in [-0.1, -0.05) is 42.0 Å². The van der Waals surface area contributed by atoms with E-state index in [0.29, 0.717) is 39.1 Å². The fourth-order valence-electron chi connectivity index (χ4n) is 5.60. The largest absolute Gasteiger partial charge is 0.379 e. The van der Waals surface area contributed by atoms with Crippen LogP contribution in [-0.2, 0) is 35.1 Å². The molecule has 1 aliphatic carbocycles. The van der Waals surface area contributed by atoms with Gasteiger partial charge in [0, 0.05) is 13.1 Å². The van der Waals surface area contributed by atoms with Crippen LogP contribution in [0.5, 0.6) is 0 Å². The zero-order valence-electron chi connectivity index (χ0n) is 23.6. The van der Waals surface area contributed by atoms with Gasteiger partial charge >= 0.3 is 0 Å². The second-order valence-electron chi connectivity index (χ2n) is 11.4. The number of ether oxygens (including phenoxy) is 2. The minimum Gasteiger partial charge on any atom is -0.379 e. The molecule has 1 aromatic rings. The third-order valence-corrected chi connectivity index (χ3v) is 8.29. The predicted molar refractivity (Wildman–Crippen MR) is 149 cm³/mol. The van der Waals surface area contributed by atoms with E-state index in [1.807, 2.05) is 35.2 Å². The number of benzene rings is 1. The maximum atomic E-state index is 13.9. The maximum Gasteiger partial charge on any atom is 0.243 e. The van der Waals surface area contributed by atoms with Crippen LogP contribution in [0.1, 0.15) is 51.5 Å². The Balaban J connectivity index is 1.59. The van der Waals surface area contributed by atoms with Crippen LogP contribution >= 0.6 is 0 Å². The number of ketones is 1. The van der Waals surface area contributed by atoms with E-state index in [0.717, 1.165) is 30.4 Å². The molecule has 2 aliphatic heterocycles. The molecule has 0 bridgehead atoms. The van der Waals surface area contributed by atoms with Crippen molar-refractivity contribution in [2.24, 2.45) is 11.7 Å². The second-order valence-corrected chi connectivity index (χ2v) is 11.4. The summed E-state index contributed by atoms with van der Waals surface area (Å²) in [5.41, 5.74) is 5.46. The third-order valence-electron chi connectivity index (χ3n) is 8.29. The lowest BCUT2D eigenvalue weighted by Gasteiger charge is -2.40.